The summed E-state index contributed by atoms with van der Waals surface area (Å²) in [5.41, 5.74) is 0.615. The van der Waals surface area contributed by atoms with Gasteiger partial charge in [0.2, 0.25) is 0 Å². The molecule has 116 valence electrons. The van der Waals surface area contributed by atoms with Crippen LogP contribution in [0, 0.1) is 0 Å². The number of nitrogens with one attached hydrogen (secondary N) is 1. The lowest BCUT2D eigenvalue weighted by atomic mass is 10.3. The summed E-state index contributed by atoms with van der Waals surface area (Å²) in [7, 11) is 1.43. The van der Waals surface area contributed by atoms with E-state index in [4.69, 9.17) is 27.9 Å². The van der Waals surface area contributed by atoms with Crippen molar-refractivity contribution in [1.29, 1.82) is 0 Å². The molecule has 1 aromatic carbocycles. The molecule has 1 aliphatic heterocycles. The zero-order chi connectivity index (χ0) is 15.9. The summed E-state index contributed by atoms with van der Waals surface area (Å²) in [6.07, 6.45) is -0.0498. The van der Waals surface area contributed by atoms with Crippen molar-refractivity contribution in [2.45, 2.75) is 11.7 Å². The number of benzene rings is 1. The number of allylic oxidation sites excluding steroid dienone is 1. The Labute approximate surface area is 134 Å². The van der Waals surface area contributed by atoms with Gasteiger partial charge in [-0.2, -0.15) is 0 Å². The van der Waals surface area contributed by atoms with E-state index in [0.717, 1.165) is 4.57 Å². The van der Waals surface area contributed by atoms with E-state index < -0.39 is 17.5 Å². The largest absolute Gasteiger partial charge is 0.494 e. The van der Waals surface area contributed by atoms with Crippen molar-refractivity contribution in [2.24, 2.45) is 4.99 Å². The number of nitrogens with zero attached hydrogens (tertiary/aromatic N) is 3. The highest BCUT2D eigenvalue weighted by atomic mass is 35.5. The topological polar surface area (TPSA) is 51.4 Å². The number of fused-ring (bicyclic) bond motifs is 1. The molecule has 2 heterocycles. The molecule has 1 aromatic heterocycles. The summed E-state index contributed by atoms with van der Waals surface area (Å²) < 4.78 is 33.1. The van der Waals surface area contributed by atoms with Crippen molar-refractivity contribution in [2.75, 3.05) is 7.11 Å². The highest BCUT2D eigenvalue weighted by molar-refractivity contribution is 6.32. The van der Waals surface area contributed by atoms with Crippen LogP contribution in [0.2, 0.25) is 0 Å². The Bertz CT molecular complexity index is 790. The van der Waals surface area contributed by atoms with E-state index in [1.165, 1.54) is 19.4 Å². The van der Waals surface area contributed by atoms with E-state index in [-0.39, 0.29) is 10.7 Å². The number of aliphatic imine (C=N–C) groups is 1. The maximum Gasteiger partial charge on any atom is 0.295 e. The zero-order valence-corrected chi connectivity index (χ0v) is 12.7. The molecule has 0 radical (unpaired) electrons. The Morgan fingerprint density at radius 2 is 2.18 bits per heavy atom. The summed E-state index contributed by atoms with van der Waals surface area (Å²) in [6, 6.07) is 4.88. The van der Waals surface area contributed by atoms with Crippen LogP contribution in [0.5, 0.6) is 5.75 Å². The smallest absolute Gasteiger partial charge is 0.295 e. The third kappa shape index (κ3) is 2.30. The molecule has 5 nitrogen and oxygen atoms in total. The van der Waals surface area contributed by atoms with Crippen LogP contribution >= 0.6 is 23.2 Å². The number of rotatable bonds is 3. The molecular weight excluding hydrogens is 337 g/mol. The van der Waals surface area contributed by atoms with Gasteiger partial charge in [-0.15, -0.1) is 0 Å². The number of hydrogen-bond donors (Lipinski definition) is 1. The van der Waals surface area contributed by atoms with Crippen LogP contribution in [0.25, 0.3) is 11.0 Å². The first-order valence-corrected chi connectivity index (χ1v) is 6.94. The Balaban J connectivity index is 2.30. The van der Waals surface area contributed by atoms with Gasteiger partial charge < -0.3 is 10.1 Å². The summed E-state index contributed by atoms with van der Waals surface area (Å²) in [4.78, 5) is 7.98. The zero-order valence-electron chi connectivity index (χ0n) is 11.2. The Morgan fingerprint density at radius 3 is 2.82 bits per heavy atom. The average molecular weight is 347 g/mol. The minimum atomic E-state index is -2.85. The molecule has 0 fully saturated rings. The average Bonchev–Trinajstić information content (AvgIpc) is 2.87. The van der Waals surface area contributed by atoms with Crippen LogP contribution in [-0.2, 0) is 5.25 Å². The van der Waals surface area contributed by atoms with Crippen LogP contribution in [0.1, 0.15) is 12.2 Å². The third-order valence-electron chi connectivity index (χ3n) is 3.13. The van der Waals surface area contributed by atoms with Crippen molar-refractivity contribution in [3.63, 3.8) is 0 Å². The normalized spacial score (nSPS) is 21.1. The highest BCUT2D eigenvalue weighted by Crippen LogP contribution is 2.37. The SMILES string of the molecule is COc1cccc2c1nc(C(F)F)n2C1(Cl)N=CC=C(Cl)N1. The molecule has 22 heavy (non-hydrogen) atoms. The summed E-state index contributed by atoms with van der Waals surface area (Å²) in [5.74, 6) is -0.176. The van der Waals surface area contributed by atoms with Gasteiger partial charge in [-0.1, -0.05) is 17.7 Å². The first-order chi connectivity index (χ1) is 10.5. The van der Waals surface area contributed by atoms with Gasteiger partial charge in [-0.3, -0.25) is 4.57 Å². The van der Waals surface area contributed by atoms with Crippen molar-refractivity contribution in [3.8, 4) is 5.75 Å². The van der Waals surface area contributed by atoms with Crippen LogP contribution in [0.3, 0.4) is 0 Å². The Hall–Kier alpha value is -1.86. The summed E-state index contributed by atoms with van der Waals surface area (Å²) in [6.45, 7) is 0. The first kappa shape index (κ1) is 15.1. The van der Waals surface area contributed by atoms with Gasteiger partial charge >= 0.3 is 0 Å². The molecule has 0 amide bonds. The maximum absolute atomic E-state index is 13.4. The van der Waals surface area contributed by atoms with E-state index in [1.54, 1.807) is 18.2 Å². The molecule has 0 aliphatic carbocycles. The van der Waals surface area contributed by atoms with E-state index in [1.807, 2.05) is 0 Å². The number of methoxy groups -OCH3 is 1. The third-order valence-corrected chi connectivity index (χ3v) is 3.71. The lowest BCUT2D eigenvalue weighted by Gasteiger charge is -2.29. The molecule has 0 saturated heterocycles. The van der Waals surface area contributed by atoms with Gasteiger partial charge in [0, 0.05) is 6.21 Å². The number of aromatic nitrogens is 2. The first-order valence-electron chi connectivity index (χ1n) is 6.18. The van der Waals surface area contributed by atoms with Gasteiger partial charge in [0.05, 0.1) is 12.6 Å². The van der Waals surface area contributed by atoms with Crippen LogP contribution < -0.4 is 10.1 Å². The minimum absolute atomic E-state index is 0.176. The van der Waals surface area contributed by atoms with Crippen molar-refractivity contribution < 1.29 is 13.5 Å². The molecule has 0 bridgehead atoms. The van der Waals surface area contributed by atoms with Crippen molar-refractivity contribution >= 4 is 40.4 Å². The van der Waals surface area contributed by atoms with Gasteiger partial charge in [-0.25, -0.2) is 18.8 Å². The van der Waals surface area contributed by atoms with Crippen LogP contribution in [-0.4, -0.2) is 22.9 Å². The number of para-hydroxylation sites is 1. The Morgan fingerprint density at radius 1 is 1.41 bits per heavy atom. The maximum atomic E-state index is 13.4. The molecule has 1 unspecified atom stereocenters. The summed E-state index contributed by atoms with van der Waals surface area (Å²) >= 11 is 12.3. The molecular formula is C13H10Cl2F2N4O. The number of ether oxygens (including phenoxy) is 1. The molecule has 1 aliphatic rings. The standard InChI is InChI=1S/C13H10Cl2F2N4O/c1-22-8-4-2-3-7-10(8)19-12(11(16)17)21(7)13(15)18-6-5-9(14)20-13/h2-6,11,20H,1H3. The van der Waals surface area contributed by atoms with Crippen LogP contribution in [0.15, 0.2) is 34.4 Å². The number of alkyl halides is 3. The van der Waals surface area contributed by atoms with E-state index in [9.17, 15) is 8.78 Å². The number of hydrogen-bond acceptors (Lipinski definition) is 4. The second-order valence-corrected chi connectivity index (χ2v) is 5.37. The lowest BCUT2D eigenvalue weighted by molar-refractivity contribution is 0.130. The Kier molecular flexibility index (Phi) is 3.70. The highest BCUT2D eigenvalue weighted by Gasteiger charge is 2.37. The quantitative estimate of drug-likeness (QED) is 0.683. The number of imidazole rings is 1. The van der Waals surface area contributed by atoms with Gasteiger partial charge in [0.1, 0.15) is 16.4 Å². The van der Waals surface area contributed by atoms with E-state index >= 15 is 0 Å². The second kappa shape index (κ2) is 5.40. The fraction of sp³-hybridized carbons (Fsp3) is 0.231. The lowest BCUT2D eigenvalue weighted by Crippen LogP contribution is -2.42. The van der Waals surface area contributed by atoms with Crippen molar-refractivity contribution in [3.05, 3.63) is 35.3 Å². The fourth-order valence-corrected chi connectivity index (χ4v) is 2.83. The van der Waals surface area contributed by atoms with Gasteiger partial charge in [0.25, 0.3) is 11.7 Å². The predicted octanol–water partition coefficient (Wildman–Crippen LogP) is 3.54. The van der Waals surface area contributed by atoms with Gasteiger partial charge in [0.15, 0.2) is 5.82 Å². The fourth-order valence-electron chi connectivity index (χ4n) is 2.26. The molecule has 2 aromatic rings. The second-order valence-electron chi connectivity index (χ2n) is 4.44. The molecule has 9 heteroatoms. The minimum Gasteiger partial charge on any atom is -0.494 e. The molecule has 3 rings (SSSR count). The summed E-state index contributed by atoms with van der Waals surface area (Å²) in [5, 5.41) is 1.12. The number of halogens is 4. The van der Waals surface area contributed by atoms with Crippen LogP contribution in [0.4, 0.5) is 8.78 Å². The van der Waals surface area contributed by atoms with E-state index in [2.05, 4.69) is 15.3 Å². The molecule has 1 N–H and O–H groups in total. The van der Waals surface area contributed by atoms with Crippen molar-refractivity contribution in [1.82, 2.24) is 14.9 Å². The molecule has 0 spiro atoms. The van der Waals surface area contributed by atoms with Gasteiger partial charge in [-0.05, 0) is 29.8 Å². The molecule has 0 saturated carbocycles. The molecule has 1 atom stereocenters. The predicted molar refractivity (Wildman–Crippen MR) is 80.6 cm³/mol. The monoisotopic (exact) mass is 346 g/mol. The van der Waals surface area contributed by atoms with E-state index in [0.29, 0.717) is 11.3 Å².